The standard InChI is InChI=1S/C13H17BrO2/c1-3-4-7-16-13(15)9-11-5-6-12(14)8-10(11)2/h5-6,8H,3-4,7,9H2,1-2H3. The van der Waals surface area contributed by atoms with E-state index in [1.54, 1.807) is 0 Å². The van der Waals surface area contributed by atoms with Crippen LogP contribution in [0, 0.1) is 6.92 Å². The van der Waals surface area contributed by atoms with Crippen LogP contribution < -0.4 is 0 Å². The summed E-state index contributed by atoms with van der Waals surface area (Å²) < 4.78 is 6.16. The van der Waals surface area contributed by atoms with Crippen LogP contribution in [-0.4, -0.2) is 12.6 Å². The molecule has 88 valence electrons. The lowest BCUT2D eigenvalue weighted by Gasteiger charge is -2.06. The van der Waals surface area contributed by atoms with Crippen LogP contribution in [0.4, 0.5) is 0 Å². The van der Waals surface area contributed by atoms with Crippen LogP contribution in [0.5, 0.6) is 0 Å². The number of carbonyl (C=O) groups is 1. The number of hydrogen-bond donors (Lipinski definition) is 0. The molecule has 0 radical (unpaired) electrons. The van der Waals surface area contributed by atoms with Crippen molar-refractivity contribution in [3.63, 3.8) is 0 Å². The molecule has 0 aliphatic heterocycles. The van der Waals surface area contributed by atoms with E-state index in [4.69, 9.17) is 4.74 Å². The number of carbonyl (C=O) groups excluding carboxylic acids is 1. The Morgan fingerprint density at radius 2 is 2.19 bits per heavy atom. The Kier molecular flexibility index (Phi) is 5.53. The van der Waals surface area contributed by atoms with E-state index >= 15 is 0 Å². The maximum atomic E-state index is 11.5. The maximum Gasteiger partial charge on any atom is 0.310 e. The number of ether oxygens (including phenoxy) is 1. The van der Waals surface area contributed by atoms with Crippen LogP contribution in [0.2, 0.25) is 0 Å². The van der Waals surface area contributed by atoms with E-state index in [1.165, 1.54) is 0 Å². The van der Waals surface area contributed by atoms with E-state index in [1.807, 2.05) is 25.1 Å². The molecule has 2 nitrogen and oxygen atoms in total. The van der Waals surface area contributed by atoms with Crippen molar-refractivity contribution in [3.05, 3.63) is 33.8 Å². The Hall–Kier alpha value is -0.830. The number of aryl methyl sites for hydroxylation is 1. The van der Waals surface area contributed by atoms with Gasteiger partial charge in [0.05, 0.1) is 13.0 Å². The molecule has 0 amide bonds. The summed E-state index contributed by atoms with van der Waals surface area (Å²) >= 11 is 3.40. The summed E-state index contributed by atoms with van der Waals surface area (Å²) in [5.41, 5.74) is 2.14. The van der Waals surface area contributed by atoms with Crippen LogP contribution >= 0.6 is 15.9 Å². The summed E-state index contributed by atoms with van der Waals surface area (Å²) in [4.78, 5) is 11.5. The molecule has 0 spiro atoms. The third-order valence-electron chi connectivity index (χ3n) is 2.40. The molecule has 0 aliphatic rings. The van der Waals surface area contributed by atoms with Gasteiger partial charge in [0.15, 0.2) is 0 Å². The average Bonchev–Trinajstić information content (AvgIpc) is 2.23. The molecule has 0 heterocycles. The minimum absolute atomic E-state index is 0.140. The number of hydrogen-bond acceptors (Lipinski definition) is 2. The van der Waals surface area contributed by atoms with E-state index < -0.39 is 0 Å². The Morgan fingerprint density at radius 3 is 2.81 bits per heavy atom. The number of unbranched alkanes of at least 4 members (excludes halogenated alkanes) is 1. The van der Waals surface area contributed by atoms with E-state index in [2.05, 4.69) is 22.9 Å². The summed E-state index contributed by atoms with van der Waals surface area (Å²) in [7, 11) is 0. The Balaban J connectivity index is 2.49. The van der Waals surface area contributed by atoms with Gasteiger partial charge in [0, 0.05) is 4.47 Å². The van der Waals surface area contributed by atoms with Crippen LogP contribution in [0.3, 0.4) is 0 Å². The van der Waals surface area contributed by atoms with Crippen molar-refractivity contribution in [1.82, 2.24) is 0 Å². The predicted molar refractivity (Wildman–Crippen MR) is 68.5 cm³/mol. The second-order valence-corrected chi connectivity index (χ2v) is 4.74. The third kappa shape index (κ3) is 4.35. The van der Waals surface area contributed by atoms with E-state index in [-0.39, 0.29) is 5.97 Å². The van der Waals surface area contributed by atoms with Gasteiger partial charge < -0.3 is 4.74 Å². The molecule has 0 saturated heterocycles. The first-order chi connectivity index (χ1) is 7.63. The monoisotopic (exact) mass is 284 g/mol. The van der Waals surface area contributed by atoms with Crippen molar-refractivity contribution in [2.45, 2.75) is 33.1 Å². The number of benzene rings is 1. The quantitative estimate of drug-likeness (QED) is 0.610. The highest BCUT2D eigenvalue weighted by Gasteiger charge is 2.07. The first-order valence-corrected chi connectivity index (χ1v) is 6.33. The van der Waals surface area contributed by atoms with Crippen molar-refractivity contribution < 1.29 is 9.53 Å². The molecule has 1 aromatic rings. The Bertz CT molecular complexity index is 361. The highest BCUT2D eigenvalue weighted by Crippen LogP contribution is 2.16. The van der Waals surface area contributed by atoms with Gasteiger partial charge in [0.1, 0.15) is 0 Å². The SMILES string of the molecule is CCCCOC(=O)Cc1ccc(Br)cc1C. The van der Waals surface area contributed by atoms with E-state index in [0.29, 0.717) is 13.0 Å². The zero-order chi connectivity index (χ0) is 12.0. The van der Waals surface area contributed by atoms with Crippen LogP contribution in [0.1, 0.15) is 30.9 Å². The van der Waals surface area contributed by atoms with Crippen molar-refractivity contribution in [3.8, 4) is 0 Å². The molecule has 0 atom stereocenters. The summed E-state index contributed by atoms with van der Waals surface area (Å²) in [6.45, 7) is 4.61. The van der Waals surface area contributed by atoms with Crippen molar-refractivity contribution in [2.75, 3.05) is 6.61 Å². The molecule has 0 saturated carbocycles. The molecule has 3 heteroatoms. The second-order valence-electron chi connectivity index (χ2n) is 3.82. The largest absolute Gasteiger partial charge is 0.465 e. The van der Waals surface area contributed by atoms with Crippen molar-refractivity contribution >= 4 is 21.9 Å². The molecule has 16 heavy (non-hydrogen) atoms. The van der Waals surface area contributed by atoms with Crippen molar-refractivity contribution in [1.29, 1.82) is 0 Å². The lowest BCUT2D eigenvalue weighted by Crippen LogP contribution is -2.09. The molecule has 0 fully saturated rings. The lowest BCUT2D eigenvalue weighted by molar-refractivity contribution is -0.142. The molecule has 0 aromatic heterocycles. The Labute approximate surface area is 105 Å². The number of rotatable bonds is 5. The second kappa shape index (κ2) is 6.69. The Morgan fingerprint density at radius 1 is 1.44 bits per heavy atom. The fourth-order valence-electron chi connectivity index (χ4n) is 1.39. The van der Waals surface area contributed by atoms with Gasteiger partial charge in [-0.05, 0) is 36.6 Å². The predicted octanol–water partition coefficient (Wildman–Crippen LogP) is 3.64. The first kappa shape index (κ1) is 13.2. The smallest absolute Gasteiger partial charge is 0.310 e. The normalized spacial score (nSPS) is 10.2. The van der Waals surface area contributed by atoms with Gasteiger partial charge in [-0.2, -0.15) is 0 Å². The zero-order valence-corrected chi connectivity index (χ0v) is 11.3. The highest BCUT2D eigenvalue weighted by molar-refractivity contribution is 9.10. The van der Waals surface area contributed by atoms with Gasteiger partial charge in [0.25, 0.3) is 0 Å². The molecular formula is C13H17BrO2. The average molecular weight is 285 g/mol. The van der Waals surface area contributed by atoms with Gasteiger partial charge in [-0.3, -0.25) is 4.79 Å². The van der Waals surface area contributed by atoms with E-state index in [9.17, 15) is 4.79 Å². The fraction of sp³-hybridized carbons (Fsp3) is 0.462. The molecule has 0 unspecified atom stereocenters. The zero-order valence-electron chi connectivity index (χ0n) is 9.75. The van der Waals surface area contributed by atoms with Crippen LogP contribution in [-0.2, 0) is 16.0 Å². The van der Waals surface area contributed by atoms with E-state index in [0.717, 1.165) is 28.4 Å². The molecule has 1 aromatic carbocycles. The third-order valence-corrected chi connectivity index (χ3v) is 2.89. The molecule has 0 bridgehead atoms. The number of esters is 1. The molecular weight excluding hydrogens is 268 g/mol. The van der Waals surface area contributed by atoms with Gasteiger partial charge in [0.2, 0.25) is 0 Å². The van der Waals surface area contributed by atoms with Crippen LogP contribution in [0.15, 0.2) is 22.7 Å². The minimum Gasteiger partial charge on any atom is -0.465 e. The van der Waals surface area contributed by atoms with Gasteiger partial charge in [-0.15, -0.1) is 0 Å². The lowest BCUT2D eigenvalue weighted by atomic mass is 10.1. The molecule has 0 N–H and O–H groups in total. The summed E-state index contributed by atoms with van der Waals surface area (Å²) in [6, 6.07) is 5.91. The van der Waals surface area contributed by atoms with Gasteiger partial charge in [-0.25, -0.2) is 0 Å². The molecule has 1 rings (SSSR count). The van der Waals surface area contributed by atoms with Gasteiger partial charge in [-0.1, -0.05) is 35.3 Å². The highest BCUT2D eigenvalue weighted by atomic mass is 79.9. The van der Waals surface area contributed by atoms with Gasteiger partial charge >= 0.3 is 5.97 Å². The minimum atomic E-state index is -0.140. The molecule has 0 aliphatic carbocycles. The first-order valence-electron chi connectivity index (χ1n) is 5.54. The van der Waals surface area contributed by atoms with Crippen LogP contribution in [0.25, 0.3) is 0 Å². The summed E-state index contributed by atoms with van der Waals surface area (Å²) in [6.07, 6.45) is 2.35. The summed E-state index contributed by atoms with van der Waals surface area (Å²) in [5, 5.41) is 0. The number of halogens is 1. The summed E-state index contributed by atoms with van der Waals surface area (Å²) in [5.74, 6) is -0.140. The van der Waals surface area contributed by atoms with Crippen molar-refractivity contribution in [2.24, 2.45) is 0 Å². The fourth-order valence-corrected chi connectivity index (χ4v) is 1.87. The topological polar surface area (TPSA) is 26.3 Å². The maximum absolute atomic E-state index is 11.5.